The minimum atomic E-state index is -3.81. The van der Waals surface area contributed by atoms with Crippen molar-refractivity contribution < 1.29 is 31.8 Å². The van der Waals surface area contributed by atoms with Crippen LogP contribution < -0.4 is 4.74 Å². The van der Waals surface area contributed by atoms with Crippen molar-refractivity contribution in [3.63, 3.8) is 0 Å². The molecular formula is C17H19FN4O7S. The van der Waals surface area contributed by atoms with E-state index >= 15 is 0 Å². The third-order valence-electron chi connectivity index (χ3n) is 4.63. The number of nitro benzene ring substituents is 1. The molecule has 0 radical (unpaired) electrons. The first-order valence-electron chi connectivity index (χ1n) is 8.89. The minimum absolute atomic E-state index is 0.0176. The lowest BCUT2D eigenvalue weighted by Gasteiger charge is -2.33. The summed E-state index contributed by atoms with van der Waals surface area (Å²) in [5.41, 5.74) is -0.198. The Labute approximate surface area is 171 Å². The number of aryl methyl sites for hydroxylation is 2. The SMILES string of the molecule is Cc1noc(C)c1S(=O)(=O)N1CCN(C(=O)COc2cc(F)ccc2[N+](=O)[O-])CC1. The number of carbonyl (C=O) groups excluding carboxylic acids is 1. The summed E-state index contributed by atoms with van der Waals surface area (Å²) < 4.78 is 50.3. The van der Waals surface area contributed by atoms with Gasteiger partial charge in [-0.05, 0) is 19.9 Å². The van der Waals surface area contributed by atoms with Crippen LogP contribution in [0.3, 0.4) is 0 Å². The molecule has 0 unspecified atom stereocenters. The molecule has 0 spiro atoms. The maximum Gasteiger partial charge on any atom is 0.311 e. The van der Waals surface area contributed by atoms with Gasteiger partial charge >= 0.3 is 5.69 Å². The number of sulfonamides is 1. The highest BCUT2D eigenvalue weighted by Gasteiger charge is 2.34. The van der Waals surface area contributed by atoms with Crippen molar-refractivity contribution in [2.75, 3.05) is 32.8 Å². The Balaban J connectivity index is 1.61. The fraction of sp³-hybridized carbons (Fsp3) is 0.412. The van der Waals surface area contributed by atoms with Crippen LogP contribution in [0, 0.1) is 29.8 Å². The predicted molar refractivity (Wildman–Crippen MR) is 99.9 cm³/mol. The number of amides is 1. The van der Waals surface area contributed by atoms with Crippen LogP contribution in [0.2, 0.25) is 0 Å². The lowest BCUT2D eigenvalue weighted by atomic mass is 10.3. The van der Waals surface area contributed by atoms with Gasteiger partial charge in [0.25, 0.3) is 5.91 Å². The Bertz CT molecular complexity index is 1060. The monoisotopic (exact) mass is 442 g/mol. The first-order chi connectivity index (χ1) is 14.1. The number of aromatic nitrogens is 1. The summed E-state index contributed by atoms with van der Waals surface area (Å²) in [5.74, 6) is -1.40. The van der Waals surface area contributed by atoms with E-state index in [-0.39, 0.29) is 48.3 Å². The van der Waals surface area contributed by atoms with Crippen molar-refractivity contribution >= 4 is 21.6 Å². The number of halogens is 1. The van der Waals surface area contributed by atoms with E-state index in [0.29, 0.717) is 0 Å². The summed E-state index contributed by atoms with van der Waals surface area (Å²) in [5, 5.41) is 14.7. The van der Waals surface area contributed by atoms with Crippen LogP contribution >= 0.6 is 0 Å². The topological polar surface area (TPSA) is 136 Å². The van der Waals surface area contributed by atoms with Gasteiger partial charge in [-0.25, -0.2) is 12.8 Å². The number of hydrogen-bond acceptors (Lipinski definition) is 8. The molecule has 0 aliphatic carbocycles. The molecule has 162 valence electrons. The zero-order chi connectivity index (χ0) is 22.1. The van der Waals surface area contributed by atoms with E-state index in [0.717, 1.165) is 18.2 Å². The van der Waals surface area contributed by atoms with Gasteiger partial charge in [0.05, 0.1) is 4.92 Å². The zero-order valence-electron chi connectivity index (χ0n) is 16.2. The summed E-state index contributed by atoms with van der Waals surface area (Å²) in [6, 6.07) is 2.71. The van der Waals surface area contributed by atoms with Crippen molar-refractivity contribution in [2.24, 2.45) is 0 Å². The summed E-state index contributed by atoms with van der Waals surface area (Å²) in [6.07, 6.45) is 0. The zero-order valence-corrected chi connectivity index (χ0v) is 17.0. The average molecular weight is 442 g/mol. The molecule has 11 nitrogen and oxygen atoms in total. The van der Waals surface area contributed by atoms with Gasteiger partial charge in [0.1, 0.15) is 16.4 Å². The van der Waals surface area contributed by atoms with Gasteiger partial charge in [-0.15, -0.1) is 0 Å². The van der Waals surface area contributed by atoms with Gasteiger partial charge in [0.15, 0.2) is 12.4 Å². The summed E-state index contributed by atoms with van der Waals surface area (Å²) >= 11 is 0. The van der Waals surface area contributed by atoms with Gasteiger partial charge < -0.3 is 14.2 Å². The van der Waals surface area contributed by atoms with E-state index in [1.807, 2.05) is 0 Å². The second-order valence-electron chi connectivity index (χ2n) is 6.60. The van der Waals surface area contributed by atoms with Crippen LogP contribution in [0.4, 0.5) is 10.1 Å². The van der Waals surface area contributed by atoms with Gasteiger partial charge in [-0.2, -0.15) is 4.31 Å². The molecule has 1 saturated heterocycles. The van der Waals surface area contributed by atoms with Gasteiger partial charge in [0.2, 0.25) is 15.8 Å². The van der Waals surface area contributed by atoms with Crippen molar-refractivity contribution in [1.29, 1.82) is 0 Å². The molecule has 1 amide bonds. The number of nitrogens with zero attached hydrogens (tertiary/aromatic N) is 4. The predicted octanol–water partition coefficient (Wildman–Crippen LogP) is 1.25. The molecule has 2 aromatic rings. The third kappa shape index (κ3) is 4.26. The molecule has 2 heterocycles. The Morgan fingerprint density at radius 1 is 1.30 bits per heavy atom. The van der Waals surface area contributed by atoms with Crippen LogP contribution in [0.15, 0.2) is 27.6 Å². The second-order valence-corrected chi connectivity index (χ2v) is 8.47. The third-order valence-corrected chi connectivity index (χ3v) is 6.77. The summed E-state index contributed by atoms with van der Waals surface area (Å²) in [4.78, 5) is 24.0. The summed E-state index contributed by atoms with van der Waals surface area (Å²) in [7, 11) is -3.81. The van der Waals surface area contributed by atoms with Gasteiger partial charge in [0, 0.05) is 38.3 Å². The lowest BCUT2D eigenvalue weighted by Crippen LogP contribution is -2.51. The fourth-order valence-electron chi connectivity index (χ4n) is 3.14. The van der Waals surface area contributed by atoms with Crippen molar-refractivity contribution in [3.8, 4) is 5.75 Å². The molecule has 1 aromatic carbocycles. The quantitative estimate of drug-likeness (QED) is 0.482. The molecule has 0 saturated carbocycles. The van der Waals surface area contributed by atoms with E-state index in [4.69, 9.17) is 9.26 Å². The van der Waals surface area contributed by atoms with Crippen molar-refractivity contribution in [3.05, 3.63) is 45.6 Å². The number of benzene rings is 1. The van der Waals surface area contributed by atoms with E-state index in [1.54, 1.807) is 0 Å². The molecule has 1 aliphatic rings. The fourth-order valence-corrected chi connectivity index (χ4v) is 4.85. The highest BCUT2D eigenvalue weighted by Crippen LogP contribution is 2.28. The Morgan fingerprint density at radius 2 is 1.97 bits per heavy atom. The smallest absolute Gasteiger partial charge is 0.311 e. The van der Waals surface area contributed by atoms with Crippen LogP contribution in [-0.4, -0.2) is 66.4 Å². The molecular weight excluding hydrogens is 423 g/mol. The number of piperazine rings is 1. The number of ether oxygens (including phenoxy) is 1. The number of carbonyl (C=O) groups is 1. The van der Waals surface area contributed by atoms with Crippen LogP contribution in [0.25, 0.3) is 0 Å². The molecule has 3 rings (SSSR count). The average Bonchev–Trinajstić information content (AvgIpc) is 3.04. The van der Waals surface area contributed by atoms with Crippen LogP contribution in [-0.2, 0) is 14.8 Å². The molecule has 13 heteroatoms. The molecule has 1 aliphatic heterocycles. The molecule has 1 aromatic heterocycles. The minimum Gasteiger partial charge on any atom is -0.477 e. The molecule has 1 fully saturated rings. The standard InChI is InChI=1S/C17H19FN4O7S/c1-11-17(12(2)29-19-11)30(26,27)21-7-5-20(6-8-21)16(23)10-28-15-9-13(18)3-4-14(15)22(24)25/h3-4,9H,5-8,10H2,1-2H3. The number of rotatable bonds is 6. The van der Waals surface area contributed by atoms with E-state index in [9.17, 15) is 27.7 Å². The Hall–Kier alpha value is -3.06. The molecule has 0 bridgehead atoms. The number of nitro groups is 1. The Morgan fingerprint density at radius 3 is 2.53 bits per heavy atom. The largest absolute Gasteiger partial charge is 0.477 e. The lowest BCUT2D eigenvalue weighted by molar-refractivity contribution is -0.385. The van der Waals surface area contributed by atoms with Crippen LogP contribution in [0.5, 0.6) is 5.75 Å². The van der Waals surface area contributed by atoms with E-state index < -0.39 is 39.0 Å². The van der Waals surface area contributed by atoms with Crippen molar-refractivity contribution in [1.82, 2.24) is 14.4 Å². The highest BCUT2D eigenvalue weighted by molar-refractivity contribution is 7.89. The van der Waals surface area contributed by atoms with Crippen molar-refractivity contribution in [2.45, 2.75) is 18.7 Å². The van der Waals surface area contributed by atoms with E-state index in [1.165, 1.54) is 23.1 Å². The second kappa shape index (κ2) is 8.36. The van der Waals surface area contributed by atoms with Gasteiger partial charge in [-0.3, -0.25) is 14.9 Å². The first-order valence-corrected chi connectivity index (χ1v) is 10.3. The normalized spacial score (nSPS) is 15.2. The maximum absolute atomic E-state index is 13.3. The first kappa shape index (κ1) is 21.6. The molecule has 30 heavy (non-hydrogen) atoms. The highest BCUT2D eigenvalue weighted by atomic mass is 32.2. The maximum atomic E-state index is 13.3. The number of hydrogen-bond donors (Lipinski definition) is 0. The molecule has 0 atom stereocenters. The van der Waals surface area contributed by atoms with E-state index in [2.05, 4.69) is 5.16 Å². The molecule has 0 N–H and O–H groups in total. The van der Waals surface area contributed by atoms with Crippen LogP contribution in [0.1, 0.15) is 11.5 Å². The Kier molecular flexibility index (Phi) is 6.03. The summed E-state index contributed by atoms with van der Waals surface area (Å²) in [6.45, 7) is 2.82. The van der Waals surface area contributed by atoms with Gasteiger partial charge in [-0.1, -0.05) is 5.16 Å².